The molecule has 6 heteroatoms. The van der Waals surface area contributed by atoms with Gasteiger partial charge >= 0.3 is 0 Å². The van der Waals surface area contributed by atoms with Gasteiger partial charge in [0.2, 0.25) is 0 Å². The molecular weight excluding hydrogens is 312 g/mol. The summed E-state index contributed by atoms with van der Waals surface area (Å²) in [5, 5.41) is 0.751. The van der Waals surface area contributed by atoms with Crippen LogP contribution in [0.2, 0.25) is 5.02 Å². The van der Waals surface area contributed by atoms with Gasteiger partial charge in [0.25, 0.3) is 5.56 Å². The Bertz CT molecular complexity index is 746. The first kappa shape index (κ1) is 14.6. The average Bonchev–Trinajstić information content (AvgIpc) is 3.41. The quantitative estimate of drug-likeness (QED) is 0.867. The van der Waals surface area contributed by atoms with Crippen molar-refractivity contribution in [3.63, 3.8) is 0 Å². The summed E-state index contributed by atoms with van der Waals surface area (Å²) >= 11 is 5.94. The van der Waals surface area contributed by atoms with E-state index in [2.05, 4.69) is 14.8 Å². The average molecular weight is 331 g/mol. The Morgan fingerprint density at radius 2 is 1.65 bits per heavy atom. The molecule has 1 aromatic carbocycles. The molecule has 1 aliphatic heterocycles. The first-order chi connectivity index (χ1) is 11.2. The third-order valence-electron chi connectivity index (χ3n) is 4.56. The molecule has 0 bridgehead atoms. The monoisotopic (exact) mass is 330 g/mol. The lowest BCUT2D eigenvalue weighted by Crippen LogP contribution is -2.48. The van der Waals surface area contributed by atoms with Crippen LogP contribution in [-0.2, 0) is 0 Å². The van der Waals surface area contributed by atoms with Crippen molar-refractivity contribution in [1.29, 1.82) is 0 Å². The summed E-state index contributed by atoms with van der Waals surface area (Å²) in [6, 6.07) is 8.30. The number of rotatable bonds is 3. The fourth-order valence-corrected chi connectivity index (χ4v) is 3.23. The van der Waals surface area contributed by atoms with Gasteiger partial charge in [-0.05, 0) is 37.1 Å². The molecule has 0 atom stereocenters. The van der Waals surface area contributed by atoms with E-state index in [1.54, 1.807) is 6.20 Å². The normalized spacial score (nSPS) is 18.3. The van der Waals surface area contributed by atoms with E-state index in [9.17, 15) is 4.79 Å². The van der Waals surface area contributed by atoms with E-state index in [1.807, 2.05) is 35.0 Å². The van der Waals surface area contributed by atoms with Crippen LogP contribution in [-0.4, -0.2) is 35.7 Å². The summed E-state index contributed by atoms with van der Waals surface area (Å²) in [6.45, 7) is 3.36. The van der Waals surface area contributed by atoms with Gasteiger partial charge in [0.1, 0.15) is 0 Å². The highest BCUT2D eigenvalue weighted by molar-refractivity contribution is 6.30. The van der Waals surface area contributed by atoms with Crippen LogP contribution in [0.3, 0.4) is 0 Å². The first-order valence-corrected chi connectivity index (χ1v) is 8.43. The lowest BCUT2D eigenvalue weighted by molar-refractivity contribution is 0.629. The van der Waals surface area contributed by atoms with Crippen LogP contribution in [0.15, 0.2) is 41.5 Å². The lowest BCUT2D eigenvalue weighted by Gasteiger charge is -2.36. The largest absolute Gasteiger partial charge is 0.368 e. The summed E-state index contributed by atoms with van der Waals surface area (Å²) in [5.41, 5.74) is 1.22. The topological polar surface area (TPSA) is 41.4 Å². The molecule has 2 heterocycles. The molecule has 4 rings (SSSR count). The number of aromatic nitrogens is 2. The number of anilines is 2. The van der Waals surface area contributed by atoms with Crippen molar-refractivity contribution in [2.24, 2.45) is 0 Å². The first-order valence-electron chi connectivity index (χ1n) is 8.05. The molecule has 1 aliphatic carbocycles. The van der Waals surface area contributed by atoms with Crippen molar-refractivity contribution in [3.8, 4) is 0 Å². The molecule has 2 fully saturated rings. The molecular formula is C17H19ClN4O. The minimum Gasteiger partial charge on any atom is -0.368 e. The summed E-state index contributed by atoms with van der Waals surface area (Å²) < 4.78 is 1.84. The van der Waals surface area contributed by atoms with Crippen molar-refractivity contribution < 1.29 is 0 Å². The Kier molecular flexibility index (Phi) is 3.73. The van der Waals surface area contributed by atoms with E-state index >= 15 is 0 Å². The van der Waals surface area contributed by atoms with E-state index in [0.717, 1.165) is 44.0 Å². The zero-order valence-electron chi connectivity index (χ0n) is 12.9. The molecule has 2 aromatic rings. The van der Waals surface area contributed by atoms with Gasteiger partial charge in [0.05, 0.1) is 0 Å². The number of halogens is 1. The molecule has 0 amide bonds. The van der Waals surface area contributed by atoms with Crippen LogP contribution in [0.1, 0.15) is 18.9 Å². The number of hydrogen-bond donors (Lipinski definition) is 0. The lowest BCUT2D eigenvalue weighted by atomic mass is 10.2. The highest BCUT2D eigenvalue weighted by atomic mass is 35.5. The van der Waals surface area contributed by atoms with E-state index in [4.69, 9.17) is 11.6 Å². The van der Waals surface area contributed by atoms with E-state index in [-0.39, 0.29) is 5.56 Å². The number of hydrogen-bond acceptors (Lipinski definition) is 4. The maximum absolute atomic E-state index is 12.6. The second-order valence-electron chi connectivity index (χ2n) is 6.14. The van der Waals surface area contributed by atoms with Gasteiger partial charge in [-0.1, -0.05) is 11.6 Å². The Morgan fingerprint density at radius 1 is 1.00 bits per heavy atom. The van der Waals surface area contributed by atoms with Crippen LogP contribution in [0.4, 0.5) is 11.5 Å². The smallest absolute Gasteiger partial charge is 0.293 e. The van der Waals surface area contributed by atoms with E-state index in [1.165, 1.54) is 5.69 Å². The van der Waals surface area contributed by atoms with Gasteiger partial charge in [-0.15, -0.1) is 0 Å². The van der Waals surface area contributed by atoms with Crippen LogP contribution >= 0.6 is 11.6 Å². The maximum atomic E-state index is 12.6. The summed E-state index contributed by atoms with van der Waals surface area (Å²) in [6.07, 6.45) is 5.77. The van der Waals surface area contributed by atoms with Crippen molar-refractivity contribution in [2.45, 2.75) is 18.9 Å². The molecule has 23 heavy (non-hydrogen) atoms. The third kappa shape index (κ3) is 2.93. The van der Waals surface area contributed by atoms with Gasteiger partial charge < -0.3 is 14.4 Å². The number of benzene rings is 1. The maximum Gasteiger partial charge on any atom is 0.293 e. The van der Waals surface area contributed by atoms with Crippen LogP contribution in [0, 0.1) is 0 Å². The van der Waals surface area contributed by atoms with Crippen LogP contribution in [0.5, 0.6) is 0 Å². The van der Waals surface area contributed by atoms with Crippen molar-refractivity contribution in [3.05, 3.63) is 52.0 Å². The summed E-state index contributed by atoms with van der Waals surface area (Å²) in [5.74, 6) is 0.593. The molecule has 1 saturated carbocycles. The van der Waals surface area contributed by atoms with E-state index < -0.39 is 0 Å². The predicted octanol–water partition coefficient (Wildman–Crippen LogP) is 2.56. The third-order valence-corrected chi connectivity index (χ3v) is 4.81. The predicted molar refractivity (Wildman–Crippen MR) is 92.6 cm³/mol. The second-order valence-corrected chi connectivity index (χ2v) is 6.58. The van der Waals surface area contributed by atoms with Gasteiger partial charge in [-0.2, -0.15) is 0 Å². The molecule has 5 nitrogen and oxygen atoms in total. The van der Waals surface area contributed by atoms with Gasteiger partial charge in [0.15, 0.2) is 5.82 Å². The Hall–Kier alpha value is -2.01. The zero-order valence-corrected chi connectivity index (χ0v) is 13.6. The highest BCUT2D eigenvalue weighted by Gasteiger charge is 2.27. The standard InChI is InChI=1S/C17H19ClN4O/c18-13-1-3-14(4-2-13)20-9-11-21(12-10-20)16-17(23)22(8-7-19-16)15-5-6-15/h1-4,7-8,15H,5-6,9-12H2. The van der Waals surface area contributed by atoms with Gasteiger partial charge in [-0.3, -0.25) is 4.79 Å². The molecule has 1 saturated heterocycles. The van der Waals surface area contributed by atoms with Crippen LogP contribution < -0.4 is 15.4 Å². The fourth-order valence-electron chi connectivity index (χ4n) is 3.10. The van der Waals surface area contributed by atoms with E-state index in [0.29, 0.717) is 11.9 Å². The molecule has 2 aliphatic rings. The van der Waals surface area contributed by atoms with Gasteiger partial charge in [0, 0.05) is 55.3 Å². The summed E-state index contributed by atoms with van der Waals surface area (Å²) in [7, 11) is 0. The molecule has 1 aromatic heterocycles. The minimum absolute atomic E-state index is 0.0509. The summed E-state index contributed by atoms with van der Waals surface area (Å²) in [4.78, 5) is 21.3. The number of piperazine rings is 1. The molecule has 120 valence electrons. The fraction of sp³-hybridized carbons (Fsp3) is 0.412. The minimum atomic E-state index is 0.0509. The molecule has 0 unspecified atom stereocenters. The highest BCUT2D eigenvalue weighted by Crippen LogP contribution is 2.33. The van der Waals surface area contributed by atoms with Crippen molar-refractivity contribution in [2.75, 3.05) is 36.0 Å². The SMILES string of the molecule is O=c1c(N2CCN(c3ccc(Cl)cc3)CC2)nccn1C1CC1. The second kappa shape index (κ2) is 5.89. The Labute approximate surface area is 140 Å². The molecule has 0 spiro atoms. The number of nitrogens with zero attached hydrogens (tertiary/aromatic N) is 4. The van der Waals surface area contributed by atoms with Gasteiger partial charge in [-0.25, -0.2) is 4.98 Å². The Morgan fingerprint density at radius 3 is 2.30 bits per heavy atom. The van der Waals surface area contributed by atoms with Crippen molar-refractivity contribution in [1.82, 2.24) is 9.55 Å². The molecule has 0 radical (unpaired) electrons. The van der Waals surface area contributed by atoms with Crippen LogP contribution in [0.25, 0.3) is 0 Å². The Balaban J connectivity index is 1.48. The molecule has 0 N–H and O–H groups in total. The van der Waals surface area contributed by atoms with Crippen molar-refractivity contribution >= 4 is 23.1 Å². The zero-order chi connectivity index (χ0) is 15.8.